The number of hydrogen-bond acceptors (Lipinski definition) is 4. The number of halogens is 1. The number of likely N-dealkylation sites (tertiary alicyclic amines) is 1. The number of piperidine rings is 1. The molecule has 210 valence electrons. The zero-order valence-corrected chi connectivity index (χ0v) is 23.3. The summed E-state index contributed by atoms with van der Waals surface area (Å²) >= 11 is 0. The Hall–Kier alpha value is -4.62. The van der Waals surface area contributed by atoms with Crippen LogP contribution >= 0.6 is 0 Å². The van der Waals surface area contributed by atoms with Crippen LogP contribution in [0.3, 0.4) is 0 Å². The van der Waals surface area contributed by atoms with Gasteiger partial charge in [-0.15, -0.1) is 0 Å². The highest BCUT2D eigenvalue weighted by atomic mass is 19.1. The monoisotopic (exact) mass is 557 g/mol. The van der Waals surface area contributed by atoms with Crippen molar-refractivity contribution >= 4 is 17.1 Å². The van der Waals surface area contributed by atoms with Crippen molar-refractivity contribution in [3.8, 4) is 28.3 Å². The molecule has 1 N–H and O–H groups in total. The highest BCUT2D eigenvalue weighted by Crippen LogP contribution is 2.37. The van der Waals surface area contributed by atoms with Gasteiger partial charge in [0, 0.05) is 42.4 Å². The standard InChI is InChI=1S/C35H32FN5O/c1-2-32(42)40-19-17-26(18-20-40)37-33-28-14-13-27(21-25(28)22-29(33)36)41-34(24-11-7-4-8-12-24)39-31-16-15-30(38-35(31)41)23-9-5-3-6-10-23/h2-16,21,26,29,33,37H,1,17-20,22H2/t29?,33-/m1/s1. The van der Waals surface area contributed by atoms with Gasteiger partial charge in [0.1, 0.15) is 17.5 Å². The Morgan fingerprint density at radius 1 is 0.905 bits per heavy atom. The third-order valence-electron chi connectivity index (χ3n) is 8.50. The van der Waals surface area contributed by atoms with Gasteiger partial charge in [-0.25, -0.2) is 14.4 Å². The molecule has 42 heavy (non-hydrogen) atoms. The average molecular weight is 558 g/mol. The molecule has 1 fully saturated rings. The molecule has 1 saturated heterocycles. The summed E-state index contributed by atoms with van der Waals surface area (Å²) in [6.45, 7) is 4.91. The number of fused-ring (bicyclic) bond motifs is 2. The quantitative estimate of drug-likeness (QED) is 0.244. The van der Waals surface area contributed by atoms with Crippen molar-refractivity contribution in [3.05, 3.63) is 115 Å². The molecule has 0 spiro atoms. The predicted octanol–water partition coefficient (Wildman–Crippen LogP) is 6.46. The van der Waals surface area contributed by atoms with Crippen molar-refractivity contribution in [1.29, 1.82) is 0 Å². The number of hydrogen-bond donors (Lipinski definition) is 1. The normalized spacial score (nSPS) is 18.7. The third-order valence-corrected chi connectivity index (χ3v) is 8.50. The first kappa shape index (κ1) is 26.3. The van der Waals surface area contributed by atoms with Crippen LogP contribution in [0.1, 0.15) is 30.0 Å². The molecule has 2 aromatic heterocycles. The van der Waals surface area contributed by atoms with Gasteiger partial charge in [-0.2, -0.15) is 0 Å². The van der Waals surface area contributed by atoms with E-state index in [0.29, 0.717) is 19.5 Å². The minimum Gasteiger partial charge on any atom is -0.339 e. The first-order valence-corrected chi connectivity index (χ1v) is 14.5. The van der Waals surface area contributed by atoms with Gasteiger partial charge >= 0.3 is 0 Å². The molecule has 1 aliphatic heterocycles. The van der Waals surface area contributed by atoms with Crippen LogP contribution in [0.25, 0.3) is 39.5 Å². The fourth-order valence-corrected chi connectivity index (χ4v) is 6.33. The summed E-state index contributed by atoms with van der Waals surface area (Å²) in [5.74, 6) is 0.761. The average Bonchev–Trinajstić information content (AvgIpc) is 3.58. The number of nitrogens with zero attached hydrogens (tertiary/aromatic N) is 4. The summed E-state index contributed by atoms with van der Waals surface area (Å²) in [7, 11) is 0. The van der Waals surface area contributed by atoms with Crippen LogP contribution in [0.15, 0.2) is 104 Å². The summed E-state index contributed by atoms with van der Waals surface area (Å²) in [5.41, 5.74) is 7.38. The Kier molecular flexibility index (Phi) is 6.88. The van der Waals surface area contributed by atoms with Crippen LogP contribution in [0, 0.1) is 0 Å². The first-order valence-electron chi connectivity index (χ1n) is 14.5. The van der Waals surface area contributed by atoms with E-state index in [1.807, 2.05) is 53.4 Å². The maximum atomic E-state index is 15.5. The second kappa shape index (κ2) is 11.0. The number of alkyl halides is 1. The molecule has 7 rings (SSSR count). The van der Waals surface area contributed by atoms with Gasteiger partial charge in [0.15, 0.2) is 5.65 Å². The largest absolute Gasteiger partial charge is 0.339 e. The maximum Gasteiger partial charge on any atom is 0.245 e. The summed E-state index contributed by atoms with van der Waals surface area (Å²) in [4.78, 5) is 23.8. The van der Waals surface area contributed by atoms with Gasteiger partial charge in [-0.3, -0.25) is 9.36 Å². The number of amides is 1. The highest BCUT2D eigenvalue weighted by molar-refractivity contribution is 5.87. The lowest BCUT2D eigenvalue weighted by Crippen LogP contribution is -2.46. The Balaban J connectivity index is 1.24. The van der Waals surface area contributed by atoms with Gasteiger partial charge in [0.2, 0.25) is 5.91 Å². The molecule has 5 aromatic rings. The van der Waals surface area contributed by atoms with Gasteiger partial charge in [0.25, 0.3) is 0 Å². The van der Waals surface area contributed by atoms with Gasteiger partial charge in [-0.1, -0.05) is 73.3 Å². The van der Waals surface area contributed by atoms with Crippen LogP contribution in [0.4, 0.5) is 4.39 Å². The zero-order valence-electron chi connectivity index (χ0n) is 23.3. The van der Waals surface area contributed by atoms with Crippen LogP contribution in [-0.4, -0.2) is 50.6 Å². The molecule has 1 amide bonds. The molecule has 2 atom stereocenters. The lowest BCUT2D eigenvalue weighted by Gasteiger charge is -2.34. The summed E-state index contributed by atoms with van der Waals surface area (Å²) in [6, 6.07) is 30.3. The summed E-state index contributed by atoms with van der Waals surface area (Å²) in [5, 5.41) is 3.58. The van der Waals surface area contributed by atoms with Crippen molar-refractivity contribution in [2.75, 3.05) is 13.1 Å². The zero-order chi connectivity index (χ0) is 28.6. The lowest BCUT2D eigenvalue weighted by atomic mass is 10.0. The third kappa shape index (κ3) is 4.80. The number of nitrogens with one attached hydrogen (secondary N) is 1. The molecule has 0 saturated carbocycles. The number of carbonyl (C=O) groups excluding carboxylic acids is 1. The molecule has 1 unspecified atom stereocenters. The fourth-order valence-electron chi connectivity index (χ4n) is 6.33. The Morgan fingerprint density at radius 3 is 2.33 bits per heavy atom. The molecule has 1 aliphatic carbocycles. The fraction of sp³-hybridized carbons (Fsp3) is 0.229. The van der Waals surface area contributed by atoms with Crippen LogP contribution < -0.4 is 5.32 Å². The molecule has 0 radical (unpaired) electrons. The highest BCUT2D eigenvalue weighted by Gasteiger charge is 2.35. The van der Waals surface area contributed by atoms with E-state index in [1.54, 1.807) is 0 Å². The Morgan fingerprint density at radius 2 is 1.62 bits per heavy atom. The number of benzene rings is 3. The Labute approximate surface area is 244 Å². The van der Waals surface area contributed by atoms with E-state index >= 15 is 4.39 Å². The van der Waals surface area contributed by atoms with E-state index in [2.05, 4.69) is 58.9 Å². The minimum absolute atomic E-state index is 0.0390. The van der Waals surface area contributed by atoms with Crippen molar-refractivity contribution in [3.63, 3.8) is 0 Å². The van der Waals surface area contributed by atoms with Gasteiger partial charge < -0.3 is 10.2 Å². The van der Waals surface area contributed by atoms with E-state index in [9.17, 15) is 4.79 Å². The van der Waals surface area contributed by atoms with Crippen molar-refractivity contribution in [2.45, 2.75) is 37.5 Å². The smallest absolute Gasteiger partial charge is 0.245 e. The molecule has 7 heteroatoms. The number of rotatable bonds is 6. The number of imidazole rings is 1. The predicted molar refractivity (Wildman–Crippen MR) is 164 cm³/mol. The summed E-state index contributed by atoms with van der Waals surface area (Å²) in [6.07, 6.45) is 2.30. The molecule has 3 aromatic carbocycles. The number of carbonyl (C=O) groups is 1. The van der Waals surface area contributed by atoms with Gasteiger partial charge in [-0.05, 0) is 54.3 Å². The van der Waals surface area contributed by atoms with Crippen LogP contribution in [0.5, 0.6) is 0 Å². The van der Waals surface area contributed by atoms with E-state index in [-0.39, 0.29) is 18.0 Å². The summed E-state index contributed by atoms with van der Waals surface area (Å²) < 4.78 is 17.6. The van der Waals surface area contributed by atoms with Crippen molar-refractivity contribution < 1.29 is 9.18 Å². The van der Waals surface area contributed by atoms with Crippen molar-refractivity contribution in [2.24, 2.45) is 0 Å². The van der Waals surface area contributed by atoms with Gasteiger partial charge in [0.05, 0.1) is 11.7 Å². The second-order valence-electron chi connectivity index (χ2n) is 11.1. The SMILES string of the molecule is C=CC(=O)N1CCC(N[C@@H]2c3ccc(-n4c(-c5ccccc5)nc5ccc(-c6ccccc6)nc54)cc3CC2F)CC1. The molecule has 2 aliphatic rings. The Bertz CT molecular complexity index is 1760. The molecular weight excluding hydrogens is 525 g/mol. The van der Waals surface area contributed by atoms with E-state index in [4.69, 9.17) is 9.97 Å². The van der Waals surface area contributed by atoms with E-state index in [1.165, 1.54) is 6.08 Å². The molecule has 3 heterocycles. The van der Waals surface area contributed by atoms with Crippen LogP contribution in [-0.2, 0) is 11.2 Å². The molecular formula is C35H32FN5O. The van der Waals surface area contributed by atoms with E-state index < -0.39 is 6.17 Å². The van der Waals surface area contributed by atoms with Crippen molar-refractivity contribution in [1.82, 2.24) is 24.8 Å². The topological polar surface area (TPSA) is 63.1 Å². The minimum atomic E-state index is -1.01. The second-order valence-corrected chi connectivity index (χ2v) is 11.1. The number of aromatic nitrogens is 3. The van der Waals surface area contributed by atoms with Crippen LogP contribution in [0.2, 0.25) is 0 Å². The molecule has 6 nitrogen and oxygen atoms in total. The molecule has 0 bridgehead atoms. The lowest BCUT2D eigenvalue weighted by molar-refractivity contribution is -0.127. The first-order chi connectivity index (χ1) is 20.6. The maximum absolute atomic E-state index is 15.5. The number of pyridine rings is 1. The van der Waals surface area contributed by atoms with E-state index in [0.717, 1.165) is 63.5 Å².